The summed E-state index contributed by atoms with van der Waals surface area (Å²) in [5.41, 5.74) is 0.850. The van der Waals surface area contributed by atoms with Crippen LogP contribution in [0.4, 0.5) is 17.6 Å². The lowest BCUT2D eigenvalue weighted by atomic mass is 9.80. The fourth-order valence-electron chi connectivity index (χ4n) is 5.08. The third-order valence-corrected chi connectivity index (χ3v) is 8.04. The molecule has 2 fully saturated rings. The Labute approximate surface area is 243 Å². The summed E-state index contributed by atoms with van der Waals surface area (Å²) in [5, 5.41) is 14.7. The summed E-state index contributed by atoms with van der Waals surface area (Å²) in [5.74, 6) is -1.11. The number of carbonyl (C=O) groups excluding carboxylic acids is 1. The van der Waals surface area contributed by atoms with Crippen LogP contribution in [0.3, 0.4) is 0 Å². The number of hydrogen-bond acceptors (Lipinski definition) is 8. The van der Waals surface area contributed by atoms with Crippen molar-refractivity contribution in [2.24, 2.45) is 11.7 Å². The standard InChI is InChI=1S/C30H29F4N3O6/c1-40-23-10-17(4-9-22(23)43-20-7-8-20)27(38)36-14-28(39,18-12-41-13-18)24-11-21-26(42-15-29(21,35)30(32,33)34)25(37-24)16-2-5-19(31)6-3-16/h2-6,9-11,18,20,39H,7-8,12-15,35H2,1H3,(H,36,38)/t28-,29+/m1/s1. The van der Waals surface area contributed by atoms with E-state index in [9.17, 15) is 27.5 Å². The number of pyridine rings is 1. The summed E-state index contributed by atoms with van der Waals surface area (Å²) in [6, 6.07) is 10.7. The Kier molecular flexibility index (Phi) is 7.22. The number of halogens is 4. The maximum Gasteiger partial charge on any atom is 0.414 e. The Morgan fingerprint density at radius 3 is 2.47 bits per heavy atom. The second-order valence-electron chi connectivity index (χ2n) is 11.0. The number of carbonyl (C=O) groups is 1. The molecular formula is C30H29F4N3O6. The van der Waals surface area contributed by atoms with Crippen LogP contribution < -0.4 is 25.3 Å². The molecule has 1 aliphatic carbocycles. The third-order valence-electron chi connectivity index (χ3n) is 8.04. The molecule has 43 heavy (non-hydrogen) atoms. The molecule has 1 aromatic heterocycles. The van der Waals surface area contributed by atoms with Crippen molar-refractivity contribution in [3.8, 4) is 28.5 Å². The van der Waals surface area contributed by atoms with E-state index in [1.54, 1.807) is 12.1 Å². The van der Waals surface area contributed by atoms with E-state index in [-0.39, 0.29) is 47.6 Å². The van der Waals surface area contributed by atoms with Gasteiger partial charge in [-0.2, -0.15) is 13.2 Å². The first kappa shape index (κ1) is 29.1. The van der Waals surface area contributed by atoms with Crippen molar-refractivity contribution in [2.45, 2.75) is 36.3 Å². The smallest absolute Gasteiger partial charge is 0.414 e. The minimum atomic E-state index is -4.91. The van der Waals surface area contributed by atoms with Crippen LogP contribution in [0.2, 0.25) is 0 Å². The summed E-state index contributed by atoms with van der Waals surface area (Å²) in [4.78, 5) is 17.7. The van der Waals surface area contributed by atoms with E-state index in [4.69, 9.17) is 24.7 Å². The van der Waals surface area contributed by atoms with Crippen LogP contribution in [0.25, 0.3) is 11.3 Å². The van der Waals surface area contributed by atoms with Gasteiger partial charge >= 0.3 is 6.18 Å². The van der Waals surface area contributed by atoms with Crippen molar-refractivity contribution < 1.29 is 46.4 Å². The highest BCUT2D eigenvalue weighted by molar-refractivity contribution is 5.95. The lowest BCUT2D eigenvalue weighted by Gasteiger charge is -2.41. The van der Waals surface area contributed by atoms with E-state index in [2.05, 4.69) is 10.3 Å². The molecule has 228 valence electrons. The maximum atomic E-state index is 14.2. The normalized spacial score (nSPS) is 21.3. The van der Waals surface area contributed by atoms with Gasteiger partial charge in [-0.3, -0.25) is 4.79 Å². The highest BCUT2D eigenvalue weighted by Gasteiger charge is 2.59. The Bertz CT molecular complexity index is 1540. The van der Waals surface area contributed by atoms with Gasteiger partial charge in [-0.25, -0.2) is 9.37 Å². The molecule has 3 aliphatic rings. The van der Waals surface area contributed by atoms with Gasteiger partial charge in [0.1, 0.15) is 23.7 Å². The molecular weight excluding hydrogens is 574 g/mol. The number of rotatable bonds is 9. The Morgan fingerprint density at radius 2 is 1.86 bits per heavy atom. The molecule has 6 rings (SSSR count). The minimum absolute atomic E-state index is 0.0509. The van der Waals surface area contributed by atoms with Gasteiger partial charge in [-0.05, 0) is 61.4 Å². The van der Waals surface area contributed by atoms with Crippen LogP contribution in [0.15, 0.2) is 48.5 Å². The van der Waals surface area contributed by atoms with Gasteiger partial charge in [0.05, 0.1) is 38.7 Å². The fourth-order valence-corrected chi connectivity index (χ4v) is 5.08. The van der Waals surface area contributed by atoms with E-state index in [1.807, 2.05) is 0 Å². The number of nitrogens with one attached hydrogen (secondary N) is 1. The first-order chi connectivity index (χ1) is 20.4. The van der Waals surface area contributed by atoms with Crippen LogP contribution in [-0.4, -0.2) is 61.8 Å². The van der Waals surface area contributed by atoms with Crippen LogP contribution in [0, 0.1) is 11.7 Å². The monoisotopic (exact) mass is 603 g/mol. The Balaban J connectivity index is 1.37. The highest BCUT2D eigenvalue weighted by Crippen LogP contribution is 2.50. The average Bonchev–Trinajstić information content (AvgIpc) is 3.70. The van der Waals surface area contributed by atoms with Crippen molar-refractivity contribution in [1.29, 1.82) is 0 Å². The molecule has 0 radical (unpaired) electrons. The van der Waals surface area contributed by atoms with Gasteiger partial charge in [-0.15, -0.1) is 0 Å². The number of nitrogens with zero attached hydrogens (tertiary/aromatic N) is 1. The quantitative estimate of drug-likeness (QED) is 0.316. The van der Waals surface area contributed by atoms with Crippen molar-refractivity contribution >= 4 is 5.91 Å². The molecule has 1 saturated heterocycles. The molecule has 0 unspecified atom stereocenters. The van der Waals surface area contributed by atoms with E-state index >= 15 is 0 Å². The Morgan fingerprint density at radius 1 is 1.14 bits per heavy atom. The molecule has 1 amide bonds. The van der Waals surface area contributed by atoms with Gasteiger partial charge < -0.3 is 35.1 Å². The van der Waals surface area contributed by atoms with Crippen molar-refractivity contribution in [3.63, 3.8) is 0 Å². The number of fused-ring (bicyclic) bond motifs is 1. The molecule has 3 heterocycles. The van der Waals surface area contributed by atoms with Crippen LogP contribution >= 0.6 is 0 Å². The summed E-state index contributed by atoms with van der Waals surface area (Å²) in [7, 11) is 1.45. The van der Waals surface area contributed by atoms with Gasteiger partial charge in [-0.1, -0.05) is 0 Å². The second-order valence-corrected chi connectivity index (χ2v) is 11.0. The average molecular weight is 604 g/mol. The first-order valence-electron chi connectivity index (χ1n) is 13.7. The SMILES string of the molecule is COc1cc(C(=O)NC[C@](O)(c2cc3c(c(-c4ccc(F)cc4)n2)OC[C@@]3(N)C(F)(F)F)C2COC2)ccc1OC1CC1. The second kappa shape index (κ2) is 10.6. The molecule has 13 heteroatoms. The number of amides is 1. The van der Waals surface area contributed by atoms with Gasteiger partial charge in [0, 0.05) is 22.6 Å². The number of ether oxygens (including phenoxy) is 4. The van der Waals surface area contributed by atoms with Gasteiger partial charge in [0.2, 0.25) is 0 Å². The van der Waals surface area contributed by atoms with Gasteiger partial charge in [0.15, 0.2) is 22.8 Å². The Hall–Kier alpha value is -3.94. The number of aromatic nitrogens is 1. The van der Waals surface area contributed by atoms with Gasteiger partial charge in [0.25, 0.3) is 5.91 Å². The number of hydrogen-bond donors (Lipinski definition) is 3. The largest absolute Gasteiger partial charge is 0.493 e. The summed E-state index contributed by atoms with van der Waals surface area (Å²) in [6.45, 7) is -1.18. The number of methoxy groups -OCH3 is 1. The lowest BCUT2D eigenvalue weighted by Crippen LogP contribution is -2.54. The molecule has 0 spiro atoms. The molecule has 2 aliphatic heterocycles. The molecule has 9 nitrogen and oxygen atoms in total. The van der Waals surface area contributed by atoms with Crippen LogP contribution in [0.5, 0.6) is 17.2 Å². The van der Waals surface area contributed by atoms with Crippen LogP contribution in [0.1, 0.15) is 34.5 Å². The number of benzene rings is 2. The summed E-state index contributed by atoms with van der Waals surface area (Å²) in [6.07, 6.45) is -2.91. The topological polar surface area (TPSA) is 125 Å². The zero-order chi connectivity index (χ0) is 30.6. The highest BCUT2D eigenvalue weighted by atomic mass is 19.4. The number of aliphatic hydroxyl groups is 1. The van der Waals surface area contributed by atoms with E-state index in [1.165, 1.54) is 25.3 Å². The van der Waals surface area contributed by atoms with Crippen molar-refractivity contribution in [3.05, 3.63) is 71.2 Å². The van der Waals surface area contributed by atoms with Crippen LogP contribution in [-0.2, 0) is 15.9 Å². The zero-order valence-electron chi connectivity index (χ0n) is 23.0. The minimum Gasteiger partial charge on any atom is -0.493 e. The fraction of sp³-hybridized carbons (Fsp3) is 0.400. The van der Waals surface area contributed by atoms with E-state index in [0.717, 1.165) is 31.0 Å². The van der Waals surface area contributed by atoms with Crippen molar-refractivity contribution in [2.75, 3.05) is 33.5 Å². The zero-order valence-corrected chi connectivity index (χ0v) is 23.0. The predicted octanol–water partition coefficient (Wildman–Crippen LogP) is 3.81. The number of alkyl halides is 3. The summed E-state index contributed by atoms with van der Waals surface area (Å²) < 4.78 is 78.3. The predicted molar refractivity (Wildman–Crippen MR) is 144 cm³/mol. The maximum absolute atomic E-state index is 14.2. The van der Waals surface area contributed by atoms with E-state index < -0.39 is 53.7 Å². The molecule has 2 aromatic carbocycles. The number of nitrogens with two attached hydrogens (primary N) is 1. The summed E-state index contributed by atoms with van der Waals surface area (Å²) >= 11 is 0. The third kappa shape index (κ3) is 5.25. The lowest BCUT2D eigenvalue weighted by molar-refractivity contribution is -0.191. The molecule has 3 aromatic rings. The first-order valence-corrected chi connectivity index (χ1v) is 13.7. The molecule has 1 saturated carbocycles. The van der Waals surface area contributed by atoms with Crippen molar-refractivity contribution in [1.82, 2.24) is 10.3 Å². The van der Waals surface area contributed by atoms with E-state index in [0.29, 0.717) is 11.5 Å². The molecule has 2 atom stereocenters. The molecule has 0 bridgehead atoms. The molecule has 4 N–H and O–H groups in total.